The van der Waals surface area contributed by atoms with Crippen LogP contribution in [0.3, 0.4) is 0 Å². The predicted octanol–water partition coefficient (Wildman–Crippen LogP) is 4.57. The van der Waals surface area contributed by atoms with Gasteiger partial charge in [-0.15, -0.1) is 0 Å². The van der Waals surface area contributed by atoms with Gasteiger partial charge >= 0.3 is 5.97 Å². The monoisotopic (exact) mass is 230 g/mol. The van der Waals surface area contributed by atoms with Gasteiger partial charge in [0.05, 0.1) is 6.61 Å². The molecule has 0 fully saturated rings. The van der Waals surface area contributed by atoms with Gasteiger partial charge in [-0.25, -0.2) is 0 Å². The van der Waals surface area contributed by atoms with Gasteiger partial charge in [0.1, 0.15) is 0 Å². The maximum Gasteiger partial charge on any atom is 0.302 e. The van der Waals surface area contributed by atoms with Crippen molar-refractivity contribution >= 4 is 5.97 Å². The summed E-state index contributed by atoms with van der Waals surface area (Å²) in [6.07, 6.45) is 7.97. The Bertz CT molecular complexity index is 138. The van der Waals surface area contributed by atoms with Gasteiger partial charge in [0.25, 0.3) is 0 Å². The molecule has 0 aromatic carbocycles. The molecule has 0 spiro atoms. The summed E-state index contributed by atoms with van der Waals surface area (Å²) in [4.78, 5) is 10.2. The van der Waals surface area contributed by atoms with Gasteiger partial charge < -0.3 is 4.74 Å². The van der Waals surface area contributed by atoms with Crippen LogP contribution in [0.15, 0.2) is 0 Å². The van der Waals surface area contributed by atoms with Crippen LogP contribution in [-0.4, -0.2) is 12.6 Å². The first-order valence-corrected chi connectivity index (χ1v) is 6.67. The molecule has 98 valence electrons. The Hall–Kier alpha value is -0.530. The summed E-state index contributed by atoms with van der Waals surface area (Å²) in [7, 11) is 0. The quantitative estimate of drug-likeness (QED) is 0.473. The SMILES string of the molecule is CC(=O)OCCC(C)C.CCCCCCC. The van der Waals surface area contributed by atoms with Gasteiger partial charge in [0, 0.05) is 6.92 Å². The Kier molecular flexibility index (Phi) is 16.1. The fourth-order valence-electron chi connectivity index (χ4n) is 1.12. The first-order chi connectivity index (χ1) is 7.54. The van der Waals surface area contributed by atoms with Crippen LogP contribution in [0, 0.1) is 5.92 Å². The Labute approximate surface area is 102 Å². The van der Waals surface area contributed by atoms with E-state index in [4.69, 9.17) is 4.74 Å². The highest BCUT2D eigenvalue weighted by atomic mass is 16.5. The van der Waals surface area contributed by atoms with E-state index >= 15 is 0 Å². The van der Waals surface area contributed by atoms with Crippen molar-refractivity contribution in [3.05, 3.63) is 0 Å². The van der Waals surface area contributed by atoms with E-state index in [0.717, 1.165) is 6.42 Å². The average molecular weight is 230 g/mol. The number of hydrogen-bond acceptors (Lipinski definition) is 2. The fourth-order valence-corrected chi connectivity index (χ4v) is 1.12. The highest BCUT2D eigenvalue weighted by Crippen LogP contribution is 2.00. The van der Waals surface area contributed by atoms with Crippen molar-refractivity contribution in [1.29, 1.82) is 0 Å². The number of unbranched alkanes of at least 4 members (excludes halogenated alkanes) is 4. The van der Waals surface area contributed by atoms with Crippen molar-refractivity contribution in [3.63, 3.8) is 0 Å². The van der Waals surface area contributed by atoms with E-state index in [1.807, 2.05) is 0 Å². The zero-order chi connectivity index (χ0) is 12.8. The number of esters is 1. The van der Waals surface area contributed by atoms with E-state index in [9.17, 15) is 4.79 Å². The molecule has 0 aliphatic heterocycles. The summed E-state index contributed by atoms with van der Waals surface area (Å²) in [5.41, 5.74) is 0. The third-order valence-corrected chi connectivity index (χ3v) is 2.21. The summed E-state index contributed by atoms with van der Waals surface area (Å²) >= 11 is 0. The van der Waals surface area contributed by atoms with Crippen LogP contribution in [-0.2, 0) is 9.53 Å². The normalized spacial score (nSPS) is 9.62. The number of hydrogen-bond donors (Lipinski definition) is 0. The number of carbonyl (C=O) groups excluding carboxylic acids is 1. The lowest BCUT2D eigenvalue weighted by Crippen LogP contribution is -2.02. The standard InChI is InChI=1S/C7H14O2.C7H16/c1-6(2)4-5-9-7(3)8;1-3-5-7-6-4-2/h6H,4-5H2,1-3H3;3-7H2,1-2H3. The zero-order valence-electron chi connectivity index (χ0n) is 11.8. The Morgan fingerprint density at radius 2 is 1.56 bits per heavy atom. The molecule has 2 nitrogen and oxygen atoms in total. The second kappa shape index (κ2) is 14.5. The lowest BCUT2D eigenvalue weighted by atomic mass is 10.1. The lowest BCUT2D eigenvalue weighted by Gasteiger charge is -2.02. The highest BCUT2D eigenvalue weighted by molar-refractivity contribution is 5.65. The molecule has 0 saturated heterocycles. The van der Waals surface area contributed by atoms with Crippen molar-refractivity contribution in [1.82, 2.24) is 0 Å². The maximum absolute atomic E-state index is 10.2. The topological polar surface area (TPSA) is 26.3 Å². The Balaban J connectivity index is 0. The second-order valence-electron chi connectivity index (χ2n) is 4.58. The molecule has 0 saturated carbocycles. The fraction of sp³-hybridized carbons (Fsp3) is 0.929. The van der Waals surface area contributed by atoms with Crippen molar-refractivity contribution in [2.45, 2.75) is 73.1 Å². The summed E-state index contributed by atoms with van der Waals surface area (Å²) < 4.78 is 4.71. The Morgan fingerprint density at radius 1 is 1.06 bits per heavy atom. The minimum absolute atomic E-state index is 0.185. The van der Waals surface area contributed by atoms with Gasteiger partial charge in [0.2, 0.25) is 0 Å². The van der Waals surface area contributed by atoms with E-state index in [1.165, 1.54) is 39.0 Å². The molecule has 0 rings (SSSR count). The van der Waals surface area contributed by atoms with Gasteiger partial charge in [-0.3, -0.25) is 4.79 Å². The minimum atomic E-state index is -0.185. The molecule has 0 heterocycles. The molecule has 0 amide bonds. The second-order valence-corrected chi connectivity index (χ2v) is 4.58. The summed E-state index contributed by atoms with van der Waals surface area (Å²) in [6.45, 7) is 10.7. The van der Waals surface area contributed by atoms with Crippen molar-refractivity contribution in [2.75, 3.05) is 6.61 Å². The van der Waals surface area contributed by atoms with Crippen LogP contribution in [0.2, 0.25) is 0 Å². The molecule has 0 radical (unpaired) electrons. The van der Waals surface area contributed by atoms with Crippen molar-refractivity contribution in [2.24, 2.45) is 5.92 Å². The first kappa shape index (κ1) is 17.9. The third-order valence-electron chi connectivity index (χ3n) is 2.21. The molecule has 0 aliphatic carbocycles. The summed E-state index contributed by atoms with van der Waals surface area (Å²) in [5.74, 6) is 0.431. The molecule has 0 aliphatic rings. The van der Waals surface area contributed by atoms with E-state index in [-0.39, 0.29) is 5.97 Å². The smallest absolute Gasteiger partial charge is 0.302 e. The molecule has 0 aromatic rings. The molecular formula is C14H30O2. The van der Waals surface area contributed by atoms with E-state index in [2.05, 4.69) is 27.7 Å². The molecule has 0 aromatic heterocycles. The molecule has 0 atom stereocenters. The van der Waals surface area contributed by atoms with Gasteiger partial charge in [-0.1, -0.05) is 59.8 Å². The van der Waals surface area contributed by atoms with Crippen LogP contribution < -0.4 is 0 Å². The van der Waals surface area contributed by atoms with Crippen LogP contribution in [0.4, 0.5) is 0 Å². The van der Waals surface area contributed by atoms with E-state index < -0.39 is 0 Å². The molecule has 16 heavy (non-hydrogen) atoms. The van der Waals surface area contributed by atoms with E-state index in [0.29, 0.717) is 12.5 Å². The van der Waals surface area contributed by atoms with Gasteiger partial charge in [0.15, 0.2) is 0 Å². The van der Waals surface area contributed by atoms with Crippen LogP contribution in [0.25, 0.3) is 0 Å². The number of carbonyl (C=O) groups is 1. The largest absolute Gasteiger partial charge is 0.466 e. The first-order valence-electron chi connectivity index (χ1n) is 6.67. The summed E-state index contributed by atoms with van der Waals surface area (Å²) in [6, 6.07) is 0. The summed E-state index contributed by atoms with van der Waals surface area (Å²) in [5, 5.41) is 0. The molecule has 2 heteroatoms. The van der Waals surface area contributed by atoms with Crippen LogP contribution in [0.1, 0.15) is 73.1 Å². The minimum Gasteiger partial charge on any atom is -0.466 e. The van der Waals surface area contributed by atoms with Crippen LogP contribution >= 0.6 is 0 Å². The predicted molar refractivity (Wildman–Crippen MR) is 70.5 cm³/mol. The van der Waals surface area contributed by atoms with Gasteiger partial charge in [-0.05, 0) is 12.3 Å². The van der Waals surface area contributed by atoms with Crippen LogP contribution in [0.5, 0.6) is 0 Å². The van der Waals surface area contributed by atoms with E-state index in [1.54, 1.807) is 0 Å². The lowest BCUT2D eigenvalue weighted by molar-refractivity contribution is -0.141. The van der Waals surface area contributed by atoms with Gasteiger partial charge in [-0.2, -0.15) is 0 Å². The highest BCUT2D eigenvalue weighted by Gasteiger charge is 1.94. The third kappa shape index (κ3) is 23.4. The van der Waals surface area contributed by atoms with Crippen molar-refractivity contribution in [3.8, 4) is 0 Å². The molecule has 0 bridgehead atoms. The molecule has 0 unspecified atom stereocenters. The average Bonchev–Trinajstić information content (AvgIpc) is 2.18. The number of rotatable bonds is 7. The Morgan fingerprint density at radius 3 is 1.88 bits per heavy atom. The van der Waals surface area contributed by atoms with Crippen molar-refractivity contribution < 1.29 is 9.53 Å². The molecule has 0 N–H and O–H groups in total. The number of ether oxygens (including phenoxy) is 1. The maximum atomic E-state index is 10.2. The zero-order valence-corrected chi connectivity index (χ0v) is 11.8. The molecular weight excluding hydrogens is 200 g/mol.